The molecule has 1 N–H and O–H groups in total. The Balaban J connectivity index is 2.09. The molecular formula is C29H33ClFN3O4S. The second-order valence-corrected chi connectivity index (χ2v) is 11.9. The zero-order chi connectivity index (χ0) is 28.9. The molecule has 0 spiro atoms. The van der Waals surface area contributed by atoms with E-state index < -0.39 is 40.2 Å². The number of hydrogen-bond donors (Lipinski definition) is 1. The van der Waals surface area contributed by atoms with Crippen LogP contribution in [0.2, 0.25) is 5.02 Å². The maximum Gasteiger partial charge on any atom is 0.264 e. The summed E-state index contributed by atoms with van der Waals surface area (Å²) in [4.78, 5) is 28.0. The molecule has 0 radical (unpaired) electrons. The Morgan fingerprint density at radius 2 is 1.59 bits per heavy atom. The number of benzene rings is 3. The summed E-state index contributed by atoms with van der Waals surface area (Å²) in [7, 11) is -4.23. The van der Waals surface area contributed by atoms with Crippen LogP contribution in [0.25, 0.3) is 0 Å². The maximum absolute atomic E-state index is 14.6. The van der Waals surface area contributed by atoms with E-state index in [4.69, 9.17) is 11.6 Å². The molecule has 39 heavy (non-hydrogen) atoms. The molecule has 0 aliphatic heterocycles. The average molecular weight is 574 g/mol. The molecule has 0 heterocycles. The van der Waals surface area contributed by atoms with Gasteiger partial charge in [0.25, 0.3) is 10.0 Å². The second kappa shape index (κ2) is 12.6. The number of halogens is 2. The van der Waals surface area contributed by atoms with Crippen LogP contribution in [0.3, 0.4) is 0 Å². The van der Waals surface area contributed by atoms with Crippen LogP contribution in [0, 0.1) is 19.7 Å². The summed E-state index contributed by atoms with van der Waals surface area (Å²) in [5.41, 5.74) is 1.76. The summed E-state index contributed by atoms with van der Waals surface area (Å²) in [6, 6.07) is 15.8. The number of nitrogens with one attached hydrogen (secondary N) is 1. The van der Waals surface area contributed by atoms with Crippen LogP contribution in [-0.2, 0) is 26.2 Å². The standard InChI is InChI=1S/C29H33ClFN3O4S/c1-19(2)32-29(36)22(5)33(17-23-9-6-7-11-26(23)31)28(35)18-34(27-12-8-10-25(30)21(27)4)39(37,38)24-15-13-20(3)14-16-24/h6-16,19,22H,17-18H2,1-5H3,(H,32,36)/t22-/m0/s1. The van der Waals surface area contributed by atoms with Crippen molar-refractivity contribution in [3.63, 3.8) is 0 Å². The lowest BCUT2D eigenvalue weighted by atomic mass is 10.1. The average Bonchev–Trinajstić information content (AvgIpc) is 2.88. The SMILES string of the molecule is Cc1ccc(S(=O)(=O)N(CC(=O)N(Cc2ccccc2F)[C@@H](C)C(=O)NC(C)C)c2cccc(Cl)c2C)cc1. The maximum atomic E-state index is 14.6. The van der Waals surface area contributed by atoms with E-state index >= 15 is 0 Å². The normalized spacial score (nSPS) is 12.2. The lowest BCUT2D eigenvalue weighted by Gasteiger charge is -2.33. The van der Waals surface area contributed by atoms with Crippen LogP contribution in [0.15, 0.2) is 71.6 Å². The lowest BCUT2D eigenvalue weighted by molar-refractivity contribution is -0.139. The van der Waals surface area contributed by atoms with Gasteiger partial charge >= 0.3 is 0 Å². The number of rotatable bonds is 10. The first-order valence-electron chi connectivity index (χ1n) is 12.5. The second-order valence-electron chi connectivity index (χ2n) is 9.66. The van der Waals surface area contributed by atoms with Crippen molar-refractivity contribution in [3.8, 4) is 0 Å². The predicted octanol–water partition coefficient (Wildman–Crippen LogP) is 5.23. The van der Waals surface area contributed by atoms with Gasteiger partial charge in [0.1, 0.15) is 18.4 Å². The molecule has 0 fully saturated rings. The number of nitrogens with zero attached hydrogens (tertiary/aromatic N) is 2. The number of amides is 2. The topological polar surface area (TPSA) is 86.8 Å². The van der Waals surface area contributed by atoms with Crippen LogP contribution in [0.1, 0.15) is 37.5 Å². The van der Waals surface area contributed by atoms with E-state index in [-0.39, 0.29) is 28.7 Å². The van der Waals surface area contributed by atoms with Crippen molar-refractivity contribution < 1.29 is 22.4 Å². The molecule has 3 rings (SSSR count). The molecule has 0 bridgehead atoms. The number of carbonyl (C=O) groups excluding carboxylic acids is 2. The van der Waals surface area contributed by atoms with Crippen LogP contribution >= 0.6 is 11.6 Å². The van der Waals surface area contributed by atoms with Gasteiger partial charge in [-0.05, 0) is 70.5 Å². The molecule has 1 atom stereocenters. The molecular weight excluding hydrogens is 541 g/mol. The quantitative estimate of drug-likeness (QED) is 0.360. The third-order valence-electron chi connectivity index (χ3n) is 6.29. The van der Waals surface area contributed by atoms with Gasteiger partial charge in [0.15, 0.2) is 0 Å². The highest BCUT2D eigenvalue weighted by Gasteiger charge is 2.33. The fourth-order valence-electron chi connectivity index (χ4n) is 4.01. The van der Waals surface area contributed by atoms with Gasteiger partial charge in [-0.2, -0.15) is 0 Å². The Kier molecular flexibility index (Phi) is 9.74. The number of carbonyl (C=O) groups is 2. The minimum absolute atomic E-state index is 0.00784. The molecule has 0 aromatic heterocycles. The van der Waals surface area contributed by atoms with Crippen LogP contribution < -0.4 is 9.62 Å². The Bertz CT molecular complexity index is 1450. The summed E-state index contributed by atoms with van der Waals surface area (Å²) in [6.07, 6.45) is 0. The van der Waals surface area contributed by atoms with Crippen molar-refractivity contribution in [2.75, 3.05) is 10.8 Å². The summed E-state index contributed by atoms with van der Waals surface area (Å²) in [5, 5.41) is 3.10. The zero-order valence-corrected chi connectivity index (χ0v) is 24.2. The molecule has 7 nitrogen and oxygen atoms in total. The molecule has 0 unspecified atom stereocenters. The number of aryl methyl sites for hydroxylation is 1. The summed E-state index contributed by atoms with van der Waals surface area (Å²) >= 11 is 6.33. The van der Waals surface area contributed by atoms with Crippen molar-refractivity contribution in [3.05, 3.63) is 94.3 Å². The number of sulfonamides is 1. The Labute approximate surface area is 234 Å². The van der Waals surface area contributed by atoms with Crippen molar-refractivity contribution in [2.45, 2.75) is 58.1 Å². The highest BCUT2D eigenvalue weighted by atomic mass is 35.5. The molecule has 2 amide bonds. The highest BCUT2D eigenvalue weighted by Crippen LogP contribution is 2.31. The largest absolute Gasteiger partial charge is 0.352 e. The summed E-state index contributed by atoms with van der Waals surface area (Å²) in [6.45, 7) is 7.73. The van der Waals surface area contributed by atoms with Gasteiger partial charge in [0.2, 0.25) is 11.8 Å². The number of anilines is 1. The van der Waals surface area contributed by atoms with Gasteiger partial charge < -0.3 is 10.2 Å². The van der Waals surface area contributed by atoms with E-state index in [0.717, 1.165) is 9.87 Å². The molecule has 0 saturated carbocycles. The Hall–Kier alpha value is -3.43. The monoisotopic (exact) mass is 573 g/mol. The third kappa shape index (κ3) is 7.16. The first-order valence-corrected chi connectivity index (χ1v) is 14.3. The fourth-order valence-corrected chi connectivity index (χ4v) is 5.66. The van der Waals surface area contributed by atoms with E-state index in [1.807, 2.05) is 6.92 Å². The van der Waals surface area contributed by atoms with Gasteiger partial charge in [-0.25, -0.2) is 12.8 Å². The van der Waals surface area contributed by atoms with E-state index in [9.17, 15) is 22.4 Å². The Morgan fingerprint density at radius 3 is 2.21 bits per heavy atom. The highest BCUT2D eigenvalue weighted by molar-refractivity contribution is 7.92. The fraction of sp³-hybridized carbons (Fsp3) is 0.310. The third-order valence-corrected chi connectivity index (χ3v) is 8.48. The van der Waals surface area contributed by atoms with Crippen molar-refractivity contribution in [1.29, 1.82) is 0 Å². The minimum atomic E-state index is -4.23. The molecule has 208 valence electrons. The first kappa shape index (κ1) is 30.1. The van der Waals surface area contributed by atoms with Gasteiger partial charge in [0.05, 0.1) is 10.6 Å². The predicted molar refractivity (Wildman–Crippen MR) is 152 cm³/mol. The van der Waals surface area contributed by atoms with E-state index in [2.05, 4.69) is 5.32 Å². The Morgan fingerprint density at radius 1 is 0.949 bits per heavy atom. The zero-order valence-electron chi connectivity index (χ0n) is 22.6. The first-order chi connectivity index (χ1) is 18.3. The van der Waals surface area contributed by atoms with Gasteiger partial charge in [-0.15, -0.1) is 0 Å². The molecule has 3 aromatic carbocycles. The van der Waals surface area contributed by atoms with Crippen molar-refractivity contribution in [2.24, 2.45) is 0 Å². The van der Waals surface area contributed by atoms with Crippen molar-refractivity contribution >= 4 is 39.1 Å². The molecule has 10 heteroatoms. The summed E-state index contributed by atoms with van der Waals surface area (Å²) in [5.74, 6) is -1.66. The van der Waals surface area contributed by atoms with Gasteiger partial charge in [-0.1, -0.05) is 53.6 Å². The van der Waals surface area contributed by atoms with Gasteiger partial charge in [0, 0.05) is 23.2 Å². The van der Waals surface area contributed by atoms with Crippen LogP contribution in [0.5, 0.6) is 0 Å². The van der Waals surface area contributed by atoms with E-state index in [1.165, 1.54) is 42.2 Å². The molecule has 3 aromatic rings. The molecule has 0 aliphatic rings. The molecule has 0 aliphatic carbocycles. The van der Waals surface area contributed by atoms with E-state index in [1.54, 1.807) is 57.2 Å². The summed E-state index contributed by atoms with van der Waals surface area (Å²) < 4.78 is 43.4. The molecule has 0 saturated heterocycles. The van der Waals surface area contributed by atoms with E-state index in [0.29, 0.717) is 10.6 Å². The minimum Gasteiger partial charge on any atom is -0.352 e. The van der Waals surface area contributed by atoms with Crippen molar-refractivity contribution in [1.82, 2.24) is 10.2 Å². The lowest BCUT2D eigenvalue weighted by Crippen LogP contribution is -2.52. The van der Waals surface area contributed by atoms with Crippen LogP contribution in [0.4, 0.5) is 10.1 Å². The number of hydrogen-bond acceptors (Lipinski definition) is 4. The smallest absolute Gasteiger partial charge is 0.264 e. The van der Waals surface area contributed by atoms with Crippen LogP contribution in [-0.4, -0.2) is 43.8 Å². The van der Waals surface area contributed by atoms with Gasteiger partial charge in [-0.3, -0.25) is 13.9 Å².